The molecule has 1 aromatic carbocycles. The van der Waals surface area contributed by atoms with Crippen molar-refractivity contribution in [1.82, 2.24) is 0 Å². The Morgan fingerprint density at radius 2 is 2.12 bits per heavy atom. The fourth-order valence-electron chi connectivity index (χ4n) is 1.02. The van der Waals surface area contributed by atoms with E-state index in [0.717, 1.165) is 0 Å². The number of hydrogen-bond acceptors (Lipinski definition) is 3. The van der Waals surface area contributed by atoms with Gasteiger partial charge in [0, 0.05) is 0 Å². The van der Waals surface area contributed by atoms with Crippen LogP contribution in [0.25, 0.3) is 0 Å². The number of rotatable bonds is 5. The number of sulfonamides is 1. The third kappa shape index (κ3) is 4.91. The van der Waals surface area contributed by atoms with Crippen LogP contribution in [0.4, 0.5) is 4.39 Å². The molecule has 1 aromatic rings. The van der Waals surface area contributed by atoms with Gasteiger partial charge in [0.2, 0.25) is 10.0 Å². The molecule has 0 aliphatic carbocycles. The van der Waals surface area contributed by atoms with E-state index >= 15 is 0 Å². The molecule has 0 heterocycles. The Kier molecular flexibility index (Phi) is 4.69. The van der Waals surface area contributed by atoms with Crippen LogP contribution in [0.5, 0.6) is 5.75 Å². The molecule has 7 heteroatoms. The summed E-state index contributed by atoms with van der Waals surface area (Å²) in [5.41, 5.74) is 0. The van der Waals surface area contributed by atoms with Gasteiger partial charge < -0.3 is 4.74 Å². The van der Waals surface area contributed by atoms with Gasteiger partial charge in [0.05, 0.1) is 16.8 Å². The lowest BCUT2D eigenvalue weighted by atomic mass is 10.3. The van der Waals surface area contributed by atoms with Crippen molar-refractivity contribution in [2.75, 3.05) is 12.4 Å². The van der Waals surface area contributed by atoms with Gasteiger partial charge in [0.1, 0.15) is 11.6 Å². The predicted octanol–water partition coefficient (Wildman–Crippen LogP) is 1.65. The first kappa shape index (κ1) is 13.4. The van der Waals surface area contributed by atoms with Crippen LogP contribution < -0.4 is 9.88 Å². The van der Waals surface area contributed by atoms with Gasteiger partial charge in [-0.15, -0.1) is 0 Å². The van der Waals surface area contributed by atoms with E-state index in [9.17, 15) is 12.8 Å². The molecule has 16 heavy (non-hydrogen) atoms. The van der Waals surface area contributed by atoms with E-state index in [0.29, 0.717) is 16.6 Å². The second-order valence-corrected chi connectivity index (χ2v) is 5.73. The van der Waals surface area contributed by atoms with Crippen LogP contribution >= 0.6 is 15.9 Å². The van der Waals surface area contributed by atoms with Gasteiger partial charge in [0.25, 0.3) is 0 Å². The first-order valence-corrected chi connectivity index (χ1v) is 6.97. The number of nitrogens with two attached hydrogens (primary N) is 1. The summed E-state index contributed by atoms with van der Waals surface area (Å²) >= 11 is 3.02. The molecule has 0 bridgehead atoms. The first-order chi connectivity index (χ1) is 7.38. The summed E-state index contributed by atoms with van der Waals surface area (Å²) in [5, 5.41) is 4.82. The second-order valence-electron chi connectivity index (χ2n) is 3.14. The molecule has 2 N–H and O–H groups in total. The van der Waals surface area contributed by atoms with E-state index < -0.39 is 10.0 Å². The fourth-order valence-corrected chi connectivity index (χ4v) is 1.89. The Bertz CT molecular complexity index is 464. The zero-order chi connectivity index (χ0) is 12.2. The van der Waals surface area contributed by atoms with Gasteiger partial charge in [-0.2, -0.15) is 0 Å². The van der Waals surface area contributed by atoms with E-state index in [2.05, 4.69) is 15.9 Å². The van der Waals surface area contributed by atoms with Crippen LogP contribution in [0.1, 0.15) is 6.42 Å². The SMILES string of the molecule is NS(=O)(=O)CCCOc1ccc(F)c(Br)c1. The third-order valence-electron chi connectivity index (χ3n) is 1.73. The summed E-state index contributed by atoms with van der Waals surface area (Å²) in [5.74, 6) is -0.0328. The maximum Gasteiger partial charge on any atom is 0.209 e. The summed E-state index contributed by atoms with van der Waals surface area (Å²) in [6.07, 6.45) is 0.299. The number of primary sulfonamides is 1. The Morgan fingerprint density at radius 1 is 1.44 bits per heavy atom. The Hall–Kier alpha value is -0.660. The summed E-state index contributed by atoms with van der Waals surface area (Å²) in [4.78, 5) is 0. The van der Waals surface area contributed by atoms with Gasteiger partial charge in [-0.25, -0.2) is 17.9 Å². The minimum atomic E-state index is -3.44. The minimum absolute atomic E-state index is 0.130. The zero-order valence-corrected chi connectivity index (χ0v) is 10.7. The van der Waals surface area contributed by atoms with Crippen molar-refractivity contribution in [1.29, 1.82) is 0 Å². The molecule has 0 unspecified atom stereocenters. The van der Waals surface area contributed by atoms with E-state index in [4.69, 9.17) is 9.88 Å². The highest BCUT2D eigenvalue weighted by Crippen LogP contribution is 2.21. The lowest BCUT2D eigenvalue weighted by Gasteiger charge is -2.06. The molecule has 0 amide bonds. The van der Waals surface area contributed by atoms with Crippen LogP contribution in [0.15, 0.2) is 22.7 Å². The molecule has 0 aliphatic rings. The van der Waals surface area contributed by atoms with Gasteiger partial charge in [-0.1, -0.05) is 0 Å². The average molecular weight is 312 g/mol. The minimum Gasteiger partial charge on any atom is -0.494 e. The average Bonchev–Trinajstić information content (AvgIpc) is 2.17. The lowest BCUT2D eigenvalue weighted by molar-refractivity contribution is 0.317. The molecular formula is C9H11BrFNO3S. The standard InChI is InChI=1S/C9H11BrFNO3S/c10-8-6-7(2-3-9(8)11)15-4-1-5-16(12,13)14/h2-3,6H,1,4-5H2,(H2,12,13,14). The van der Waals surface area contributed by atoms with Gasteiger partial charge >= 0.3 is 0 Å². The molecule has 0 radical (unpaired) electrons. The van der Waals surface area contributed by atoms with Crippen molar-refractivity contribution in [2.45, 2.75) is 6.42 Å². The summed E-state index contributed by atoms with van der Waals surface area (Å²) < 4.78 is 39.6. The van der Waals surface area contributed by atoms with Crippen LogP contribution in [0.3, 0.4) is 0 Å². The van der Waals surface area contributed by atoms with E-state index in [-0.39, 0.29) is 18.2 Å². The normalized spacial score (nSPS) is 11.4. The number of hydrogen-bond donors (Lipinski definition) is 1. The molecule has 0 spiro atoms. The number of benzene rings is 1. The Morgan fingerprint density at radius 3 is 2.69 bits per heavy atom. The lowest BCUT2D eigenvalue weighted by Crippen LogP contribution is -2.18. The third-order valence-corrected chi connectivity index (χ3v) is 3.20. The first-order valence-electron chi connectivity index (χ1n) is 4.47. The molecule has 0 saturated carbocycles. The quantitative estimate of drug-likeness (QED) is 0.841. The number of ether oxygens (including phenoxy) is 1. The molecule has 0 fully saturated rings. The Balaban J connectivity index is 2.41. The molecule has 1 rings (SSSR count). The van der Waals surface area contributed by atoms with E-state index in [1.807, 2.05) is 0 Å². The van der Waals surface area contributed by atoms with Gasteiger partial charge in [-0.3, -0.25) is 0 Å². The molecule has 4 nitrogen and oxygen atoms in total. The Labute approximate surface area is 102 Å². The fraction of sp³-hybridized carbons (Fsp3) is 0.333. The van der Waals surface area contributed by atoms with Crippen LogP contribution in [0.2, 0.25) is 0 Å². The van der Waals surface area contributed by atoms with Crippen molar-refractivity contribution in [3.8, 4) is 5.75 Å². The molecule has 0 aromatic heterocycles. The highest BCUT2D eigenvalue weighted by molar-refractivity contribution is 9.10. The zero-order valence-electron chi connectivity index (χ0n) is 8.32. The van der Waals surface area contributed by atoms with Crippen LogP contribution in [-0.2, 0) is 10.0 Å². The maximum atomic E-state index is 12.8. The molecule has 0 atom stereocenters. The van der Waals surface area contributed by atoms with Crippen molar-refractivity contribution < 1.29 is 17.5 Å². The number of halogens is 2. The van der Waals surface area contributed by atoms with Gasteiger partial charge in [0.15, 0.2) is 0 Å². The molecule has 0 aliphatic heterocycles. The molecule has 90 valence electrons. The summed E-state index contributed by atoms with van der Waals surface area (Å²) in [6, 6.07) is 4.21. The van der Waals surface area contributed by atoms with Crippen molar-refractivity contribution in [3.05, 3.63) is 28.5 Å². The largest absolute Gasteiger partial charge is 0.494 e. The highest BCUT2D eigenvalue weighted by atomic mass is 79.9. The van der Waals surface area contributed by atoms with Crippen LogP contribution in [-0.4, -0.2) is 20.8 Å². The topological polar surface area (TPSA) is 69.4 Å². The van der Waals surface area contributed by atoms with E-state index in [1.54, 1.807) is 0 Å². The van der Waals surface area contributed by atoms with Crippen molar-refractivity contribution >= 4 is 26.0 Å². The monoisotopic (exact) mass is 311 g/mol. The molecule has 0 saturated heterocycles. The summed E-state index contributed by atoms with van der Waals surface area (Å²) in [6.45, 7) is 0.217. The second kappa shape index (κ2) is 5.60. The van der Waals surface area contributed by atoms with Crippen molar-refractivity contribution in [3.63, 3.8) is 0 Å². The van der Waals surface area contributed by atoms with Gasteiger partial charge in [-0.05, 0) is 40.5 Å². The highest BCUT2D eigenvalue weighted by Gasteiger charge is 2.04. The summed E-state index contributed by atoms with van der Waals surface area (Å²) in [7, 11) is -3.44. The smallest absolute Gasteiger partial charge is 0.209 e. The van der Waals surface area contributed by atoms with Crippen LogP contribution in [0, 0.1) is 5.82 Å². The van der Waals surface area contributed by atoms with E-state index in [1.165, 1.54) is 18.2 Å². The molecular weight excluding hydrogens is 301 g/mol. The predicted molar refractivity (Wildman–Crippen MR) is 62.2 cm³/mol. The van der Waals surface area contributed by atoms with Crippen molar-refractivity contribution in [2.24, 2.45) is 5.14 Å². The maximum absolute atomic E-state index is 12.8.